The number of rotatable bonds is 18. The predicted molar refractivity (Wildman–Crippen MR) is 488 cm³/mol. The van der Waals surface area contributed by atoms with Gasteiger partial charge >= 0.3 is 21.0 Å². The summed E-state index contributed by atoms with van der Waals surface area (Å²) in [5, 5.41) is 8.73. The fourth-order valence-electron chi connectivity index (χ4n) is 15.3. The fourth-order valence-corrected chi connectivity index (χ4v) is 24.2. The Morgan fingerprint density at radius 2 is 0.181 bits per heavy atom. The Bertz CT molecular complexity index is 4870. The molecule has 0 saturated heterocycles. The van der Waals surface area contributed by atoms with Crippen LogP contribution in [0.3, 0.4) is 0 Å². The monoisotopic (exact) mass is 1580 g/mol. The van der Waals surface area contributed by atoms with E-state index in [1.807, 2.05) is 54.6 Å². The Morgan fingerprint density at radius 3 is 0.259 bits per heavy atom. The number of hydrogen-bond donors (Lipinski definition) is 3. The second-order valence-electron chi connectivity index (χ2n) is 28.6. The molecule has 0 radical (unpaired) electrons. The molecule has 0 saturated carbocycles. The van der Waals surface area contributed by atoms with Crippen LogP contribution < -0.4 is 46.7 Å². The Morgan fingerprint density at radius 1 is 0.112 bits per heavy atom. The van der Waals surface area contributed by atoms with Gasteiger partial charge in [-0.3, -0.25) is 0 Å². The summed E-state index contributed by atoms with van der Waals surface area (Å²) in [6.07, 6.45) is 0. The van der Waals surface area contributed by atoms with Crippen LogP contribution >= 0.6 is 0 Å². The summed E-state index contributed by atoms with van der Waals surface area (Å²) in [6.45, 7) is 0. The van der Waals surface area contributed by atoms with E-state index in [9.17, 15) is 14.4 Å². The normalized spacial score (nSPS) is 11.1. The molecule has 18 rings (SSSR count). The summed E-state index contributed by atoms with van der Waals surface area (Å²) in [4.78, 5) is 37.9. The Labute approximate surface area is 693 Å². The molecule has 557 valence electrons. The van der Waals surface area contributed by atoms with E-state index in [2.05, 4.69) is 437 Å². The zero-order chi connectivity index (χ0) is 79.4. The van der Waals surface area contributed by atoms with Crippen LogP contribution in [-0.2, 0) is 21.0 Å². The summed E-state index contributed by atoms with van der Waals surface area (Å²) >= 11 is 1.06. The SMILES string of the molecule is O[Si](c1ccc(-c2ccccc2)cc1)(c1ccc(-c2ccccc2)cc1)c1ccc(-c2ccccc2)cc1.O[Si](c1ccc(-c2ccccc2)cc1)(c1ccc(-c2ccccc2)cc1)c1ccc(-c2ccccc2)cc1.O[Si](c1ccc(-c2ccccc2)cc1)(c1ccc(-c2ccccc2)cc1)c1ccc(-c2ccccc2)cc1.[O]=[V]. The molecular formula is C108H84O4Si3V. The van der Waals surface area contributed by atoms with Crippen molar-refractivity contribution in [3.63, 3.8) is 0 Å². The van der Waals surface area contributed by atoms with Gasteiger partial charge in [-0.25, -0.2) is 0 Å². The van der Waals surface area contributed by atoms with Crippen molar-refractivity contribution in [2.24, 2.45) is 0 Å². The molecule has 4 nitrogen and oxygen atoms in total. The topological polar surface area (TPSA) is 77.8 Å². The van der Waals surface area contributed by atoms with Gasteiger partial charge < -0.3 is 14.4 Å². The van der Waals surface area contributed by atoms with Gasteiger partial charge in [0.25, 0.3) is 25.0 Å². The summed E-state index contributed by atoms with van der Waals surface area (Å²) in [5.41, 5.74) is 20.8. The van der Waals surface area contributed by atoms with Gasteiger partial charge in [0.15, 0.2) is 0 Å². The predicted octanol–water partition coefficient (Wildman–Crippen LogP) is 19.8. The molecule has 0 heterocycles. The number of benzene rings is 18. The van der Waals surface area contributed by atoms with Crippen molar-refractivity contribution in [1.82, 2.24) is 0 Å². The van der Waals surface area contributed by atoms with Gasteiger partial charge in [-0.1, -0.05) is 491 Å². The second-order valence-corrected chi connectivity index (χ2v) is 38.1. The van der Waals surface area contributed by atoms with E-state index in [0.717, 1.165) is 114 Å². The van der Waals surface area contributed by atoms with Crippen LogP contribution in [0.4, 0.5) is 0 Å². The van der Waals surface area contributed by atoms with Crippen LogP contribution in [0.15, 0.2) is 491 Å². The maximum atomic E-state index is 12.6. The van der Waals surface area contributed by atoms with Gasteiger partial charge in [0.2, 0.25) is 0 Å². The van der Waals surface area contributed by atoms with Gasteiger partial charge in [-0.2, -0.15) is 0 Å². The standard InChI is InChI=1S/3C36H28OSi.O.V/c3*37-38(34-22-16-31(17-23-34)28-10-4-1-5-11-28,35-24-18-32(19-25-35)29-12-6-2-7-13-29)36-26-20-33(21-27-36)30-14-8-3-9-15-30;;/h3*1-27,37H;;. The van der Waals surface area contributed by atoms with Crippen molar-refractivity contribution in [3.8, 4) is 100 Å². The molecule has 0 aliphatic heterocycles. The third kappa shape index (κ3) is 17.6. The van der Waals surface area contributed by atoms with Gasteiger partial charge in [0.05, 0.1) is 0 Å². The average Bonchev–Trinajstić information content (AvgIpc) is 0.767. The van der Waals surface area contributed by atoms with Crippen molar-refractivity contribution >= 4 is 71.6 Å². The number of hydrogen-bond acceptors (Lipinski definition) is 4. The van der Waals surface area contributed by atoms with Crippen molar-refractivity contribution in [3.05, 3.63) is 491 Å². The zero-order valence-corrected chi connectivity index (χ0v) is 68.4. The molecule has 116 heavy (non-hydrogen) atoms. The molecule has 0 fully saturated rings. The van der Waals surface area contributed by atoms with Crippen LogP contribution in [0.25, 0.3) is 100 Å². The summed E-state index contributed by atoms with van der Waals surface area (Å²) < 4.78 is 8.19. The van der Waals surface area contributed by atoms with Crippen LogP contribution in [0.1, 0.15) is 0 Å². The van der Waals surface area contributed by atoms with E-state index < -0.39 is 25.0 Å². The summed E-state index contributed by atoms with van der Waals surface area (Å²) in [7, 11) is -9.75. The first-order valence-corrected chi connectivity index (χ1v) is 45.4. The van der Waals surface area contributed by atoms with Crippen molar-refractivity contribution < 1.29 is 35.4 Å². The Hall–Kier alpha value is -13.1. The van der Waals surface area contributed by atoms with Gasteiger partial charge in [-0.05, 0) is 147 Å². The van der Waals surface area contributed by atoms with E-state index in [1.165, 1.54) is 50.1 Å². The van der Waals surface area contributed by atoms with Crippen molar-refractivity contribution in [1.29, 1.82) is 0 Å². The first kappa shape index (κ1) is 78.2. The van der Waals surface area contributed by atoms with Gasteiger partial charge in [0.1, 0.15) is 0 Å². The minimum absolute atomic E-state index is 0.970. The Kier molecular flexibility index (Phi) is 25.1. The molecular weight excluding hydrogens is 1500 g/mol. The third-order valence-corrected chi connectivity index (χ3v) is 32.2. The van der Waals surface area contributed by atoms with Crippen LogP contribution in [0, 0.1) is 0 Å². The summed E-state index contributed by atoms with van der Waals surface area (Å²) in [5.74, 6) is 0. The maximum absolute atomic E-state index is 12.6. The molecule has 3 N–H and O–H groups in total. The molecule has 0 aliphatic rings. The molecule has 18 aromatic rings. The molecule has 0 atom stereocenters. The first-order chi connectivity index (χ1) is 57.1. The summed E-state index contributed by atoms with van der Waals surface area (Å²) in [6, 6.07) is 169. The fraction of sp³-hybridized carbons (Fsp3) is 0. The average molecular weight is 1580 g/mol. The van der Waals surface area contributed by atoms with Crippen molar-refractivity contribution in [2.75, 3.05) is 0 Å². The molecule has 0 unspecified atom stereocenters. The van der Waals surface area contributed by atoms with E-state index in [1.54, 1.807) is 0 Å². The third-order valence-electron chi connectivity index (χ3n) is 21.7. The van der Waals surface area contributed by atoms with E-state index in [-0.39, 0.29) is 0 Å². The molecule has 0 aliphatic carbocycles. The molecule has 0 spiro atoms. The quantitative estimate of drug-likeness (QED) is 0.0591. The minimum atomic E-state index is -3.25. The van der Waals surface area contributed by atoms with Gasteiger partial charge in [0, 0.05) is 0 Å². The van der Waals surface area contributed by atoms with Crippen LogP contribution in [0.5, 0.6) is 0 Å². The molecule has 0 amide bonds. The van der Waals surface area contributed by atoms with E-state index >= 15 is 0 Å². The van der Waals surface area contributed by atoms with Crippen LogP contribution in [0.2, 0.25) is 0 Å². The molecule has 0 bridgehead atoms. The van der Waals surface area contributed by atoms with Crippen molar-refractivity contribution in [2.45, 2.75) is 0 Å². The molecule has 8 heteroatoms. The molecule has 0 aromatic heterocycles. The van der Waals surface area contributed by atoms with E-state index in [0.29, 0.717) is 0 Å². The Balaban J connectivity index is 0.000000135. The van der Waals surface area contributed by atoms with Crippen LogP contribution in [-0.4, -0.2) is 39.3 Å². The second kappa shape index (κ2) is 37.2. The van der Waals surface area contributed by atoms with Gasteiger partial charge in [-0.15, -0.1) is 0 Å². The van der Waals surface area contributed by atoms with E-state index in [4.69, 9.17) is 3.67 Å². The molecule has 18 aromatic carbocycles. The zero-order valence-electron chi connectivity index (χ0n) is 64.0. The first-order valence-electron chi connectivity index (χ1n) is 38.9.